The van der Waals surface area contributed by atoms with Crippen LogP contribution < -0.4 is 9.80 Å². The Kier molecular flexibility index (Phi) is 3.82. The number of rotatable bonds is 3. The van der Waals surface area contributed by atoms with E-state index in [4.69, 9.17) is 0 Å². The summed E-state index contributed by atoms with van der Waals surface area (Å²) in [7, 11) is 4.19. The average molecular weight is 281 g/mol. The lowest BCUT2D eigenvalue weighted by molar-refractivity contribution is 0.718. The highest BCUT2D eigenvalue weighted by atomic mass is 15.2. The minimum absolute atomic E-state index is 0.478. The van der Waals surface area contributed by atoms with Crippen molar-refractivity contribution in [2.75, 3.05) is 30.4 Å². The molecule has 1 fully saturated rings. The van der Waals surface area contributed by atoms with E-state index in [0.717, 1.165) is 12.2 Å². The van der Waals surface area contributed by atoms with E-state index < -0.39 is 0 Å². The predicted molar refractivity (Wildman–Crippen MR) is 89.1 cm³/mol. The lowest BCUT2D eigenvalue weighted by atomic mass is 10.0. The zero-order chi connectivity index (χ0) is 14.8. The van der Waals surface area contributed by atoms with Gasteiger partial charge in [0.05, 0.1) is 6.04 Å². The fourth-order valence-corrected chi connectivity index (χ4v) is 3.14. The first-order valence-electron chi connectivity index (χ1n) is 7.62. The Morgan fingerprint density at radius 1 is 1.19 bits per heavy atom. The molecule has 1 saturated heterocycles. The molecular formula is C18H23N3. The first-order valence-corrected chi connectivity index (χ1v) is 7.62. The molecule has 0 saturated carbocycles. The van der Waals surface area contributed by atoms with Gasteiger partial charge in [0.15, 0.2) is 0 Å². The van der Waals surface area contributed by atoms with Crippen LogP contribution in [0.1, 0.15) is 30.1 Å². The molecule has 3 rings (SSSR count). The van der Waals surface area contributed by atoms with Gasteiger partial charge in [-0.15, -0.1) is 0 Å². The van der Waals surface area contributed by atoms with Crippen LogP contribution in [0.5, 0.6) is 0 Å². The van der Waals surface area contributed by atoms with E-state index in [1.165, 1.54) is 29.8 Å². The van der Waals surface area contributed by atoms with Crippen LogP contribution in [-0.4, -0.2) is 25.6 Å². The summed E-state index contributed by atoms with van der Waals surface area (Å²) in [6.07, 6.45) is 4.38. The van der Waals surface area contributed by atoms with Gasteiger partial charge in [-0.3, -0.25) is 4.98 Å². The largest absolute Gasteiger partial charge is 0.378 e. The van der Waals surface area contributed by atoms with Crippen LogP contribution in [-0.2, 0) is 0 Å². The molecule has 110 valence electrons. The molecule has 0 amide bonds. The highest BCUT2D eigenvalue weighted by Gasteiger charge is 2.26. The highest BCUT2D eigenvalue weighted by Crippen LogP contribution is 2.37. The molecule has 1 unspecified atom stereocenters. The predicted octanol–water partition coefficient (Wildman–Crippen LogP) is 3.80. The SMILES string of the molecule is Cc1cc(N2CCCC2c2cccc(N(C)C)c2)ccn1. The number of nitrogens with zero attached hydrogens (tertiary/aromatic N) is 3. The summed E-state index contributed by atoms with van der Waals surface area (Å²) < 4.78 is 0. The van der Waals surface area contributed by atoms with Crippen LogP contribution in [0.4, 0.5) is 11.4 Å². The topological polar surface area (TPSA) is 19.4 Å². The van der Waals surface area contributed by atoms with E-state index in [9.17, 15) is 0 Å². The van der Waals surface area contributed by atoms with Crippen molar-refractivity contribution < 1.29 is 0 Å². The van der Waals surface area contributed by atoms with Crippen LogP contribution >= 0.6 is 0 Å². The maximum absolute atomic E-state index is 4.31. The van der Waals surface area contributed by atoms with Crippen molar-refractivity contribution in [3.05, 3.63) is 53.9 Å². The summed E-state index contributed by atoms with van der Waals surface area (Å²) in [5, 5.41) is 0. The molecule has 21 heavy (non-hydrogen) atoms. The third-order valence-electron chi connectivity index (χ3n) is 4.24. The molecule has 1 aromatic carbocycles. The Morgan fingerprint density at radius 2 is 2.05 bits per heavy atom. The maximum Gasteiger partial charge on any atom is 0.0543 e. The van der Waals surface area contributed by atoms with Crippen LogP contribution in [0.2, 0.25) is 0 Å². The van der Waals surface area contributed by atoms with Crippen LogP contribution in [0.3, 0.4) is 0 Å². The van der Waals surface area contributed by atoms with Gasteiger partial charge in [0.1, 0.15) is 0 Å². The molecule has 3 heteroatoms. The average Bonchev–Trinajstić information content (AvgIpc) is 2.97. The zero-order valence-electron chi connectivity index (χ0n) is 13.1. The van der Waals surface area contributed by atoms with Gasteiger partial charge >= 0.3 is 0 Å². The van der Waals surface area contributed by atoms with E-state index in [-0.39, 0.29) is 0 Å². The molecule has 3 nitrogen and oxygen atoms in total. The third kappa shape index (κ3) is 2.87. The van der Waals surface area contributed by atoms with Gasteiger partial charge in [-0.05, 0) is 49.6 Å². The molecule has 0 spiro atoms. The lowest BCUT2D eigenvalue weighted by Crippen LogP contribution is -2.23. The fraction of sp³-hybridized carbons (Fsp3) is 0.389. The Bertz CT molecular complexity index is 621. The first-order chi connectivity index (χ1) is 10.1. The third-order valence-corrected chi connectivity index (χ3v) is 4.24. The molecule has 0 bridgehead atoms. The first kappa shape index (κ1) is 13.9. The second-order valence-electron chi connectivity index (χ2n) is 6.00. The minimum atomic E-state index is 0.478. The number of aryl methyl sites for hydroxylation is 1. The van der Waals surface area contributed by atoms with Gasteiger partial charge in [-0.25, -0.2) is 0 Å². The van der Waals surface area contributed by atoms with Gasteiger partial charge in [0, 0.05) is 43.9 Å². The Labute approximate surface area is 127 Å². The number of benzene rings is 1. The van der Waals surface area contributed by atoms with Crippen molar-refractivity contribution in [1.29, 1.82) is 0 Å². The van der Waals surface area contributed by atoms with E-state index >= 15 is 0 Å². The normalized spacial score (nSPS) is 18.0. The number of aromatic nitrogens is 1. The second-order valence-corrected chi connectivity index (χ2v) is 6.00. The lowest BCUT2D eigenvalue weighted by Gasteiger charge is -2.28. The Hall–Kier alpha value is -2.03. The molecule has 1 aliphatic rings. The summed E-state index contributed by atoms with van der Waals surface area (Å²) in [6.45, 7) is 3.18. The van der Waals surface area contributed by atoms with Gasteiger partial charge in [0.25, 0.3) is 0 Å². The number of anilines is 2. The molecule has 2 heterocycles. The molecule has 1 aromatic heterocycles. The van der Waals surface area contributed by atoms with Crippen molar-refractivity contribution >= 4 is 11.4 Å². The molecule has 0 N–H and O–H groups in total. The van der Waals surface area contributed by atoms with Gasteiger partial charge in [-0.2, -0.15) is 0 Å². The van der Waals surface area contributed by atoms with Crippen LogP contribution in [0.25, 0.3) is 0 Å². The number of hydrogen-bond acceptors (Lipinski definition) is 3. The van der Waals surface area contributed by atoms with E-state index in [1.807, 2.05) is 6.20 Å². The van der Waals surface area contributed by atoms with Crippen molar-refractivity contribution in [3.8, 4) is 0 Å². The van der Waals surface area contributed by atoms with Crippen LogP contribution in [0.15, 0.2) is 42.6 Å². The molecule has 1 atom stereocenters. The van der Waals surface area contributed by atoms with Crippen molar-refractivity contribution in [2.45, 2.75) is 25.8 Å². The van der Waals surface area contributed by atoms with Crippen molar-refractivity contribution in [1.82, 2.24) is 4.98 Å². The Morgan fingerprint density at radius 3 is 2.81 bits per heavy atom. The number of hydrogen-bond donors (Lipinski definition) is 0. The van der Waals surface area contributed by atoms with E-state index in [2.05, 4.69) is 72.2 Å². The Balaban J connectivity index is 1.92. The highest BCUT2D eigenvalue weighted by molar-refractivity contribution is 5.53. The summed E-state index contributed by atoms with van der Waals surface area (Å²) in [5.74, 6) is 0. The summed E-state index contributed by atoms with van der Waals surface area (Å²) in [4.78, 5) is 9.00. The quantitative estimate of drug-likeness (QED) is 0.853. The van der Waals surface area contributed by atoms with E-state index in [0.29, 0.717) is 6.04 Å². The summed E-state index contributed by atoms with van der Waals surface area (Å²) in [6, 6.07) is 13.7. The van der Waals surface area contributed by atoms with Crippen molar-refractivity contribution in [2.24, 2.45) is 0 Å². The monoisotopic (exact) mass is 281 g/mol. The molecule has 1 aliphatic heterocycles. The molecule has 0 radical (unpaired) electrons. The van der Waals surface area contributed by atoms with Crippen LogP contribution in [0, 0.1) is 6.92 Å². The summed E-state index contributed by atoms with van der Waals surface area (Å²) >= 11 is 0. The van der Waals surface area contributed by atoms with Gasteiger partial charge < -0.3 is 9.80 Å². The van der Waals surface area contributed by atoms with Gasteiger partial charge in [-0.1, -0.05) is 12.1 Å². The number of pyridine rings is 1. The zero-order valence-corrected chi connectivity index (χ0v) is 13.1. The molecule has 0 aliphatic carbocycles. The fourth-order valence-electron chi connectivity index (χ4n) is 3.14. The molecular weight excluding hydrogens is 258 g/mol. The molecule has 2 aromatic rings. The second kappa shape index (κ2) is 5.76. The smallest absolute Gasteiger partial charge is 0.0543 e. The minimum Gasteiger partial charge on any atom is -0.378 e. The summed E-state index contributed by atoms with van der Waals surface area (Å²) in [5.41, 5.74) is 5.05. The standard InChI is InChI=1S/C18H23N3/c1-14-12-17(9-10-19-14)21-11-5-8-18(21)15-6-4-7-16(13-15)20(2)3/h4,6-7,9-10,12-13,18H,5,8,11H2,1-3H3. The van der Waals surface area contributed by atoms with Crippen molar-refractivity contribution in [3.63, 3.8) is 0 Å². The van der Waals surface area contributed by atoms with Gasteiger partial charge in [0.2, 0.25) is 0 Å². The van der Waals surface area contributed by atoms with E-state index in [1.54, 1.807) is 0 Å². The maximum atomic E-state index is 4.31.